The molecule has 6 nitrogen and oxygen atoms in total. The van der Waals surface area contributed by atoms with E-state index in [4.69, 9.17) is 9.47 Å². The van der Waals surface area contributed by atoms with Gasteiger partial charge in [-0.05, 0) is 31.2 Å². The van der Waals surface area contributed by atoms with Gasteiger partial charge in [-0.1, -0.05) is 0 Å². The Morgan fingerprint density at radius 1 is 1.32 bits per heavy atom. The summed E-state index contributed by atoms with van der Waals surface area (Å²) >= 11 is 0. The van der Waals surface area contributed by atoms with Gasteiger partial charge in [0, 0.05) is 25.3 Å². The van der Waals surface area contributed by atoms with Gasteiger partial charge < -0.3 is 14.8 Å². The lowest BCUT2D eigenvalue weighted by Gasteiger charge is -2.11. The van der Waals surface area contributed by atoms with Crippen molar-refractivity contribution < 1.29 is 14.3 Å². The van der Waals surface area contributed by atoms with Gasteiger partial charge >= 0.3 is 0 Å². The highest BCUT2D eigenvalue weighted by molar-refractivity contribution is 5.76. The van der Waals surface area contributed by atoms with Gasteiger partial charge in [-0.15, -0.1) is 0 Å². The number of rotatable bonds is 7. The quantitative estimate of drug-likeness (QED) is 0.850. The highest BCUT2D eigenvalue weighted by Crippen LogP contribution is 2.17. The van der Waals surface area contributed by atoms with Crippen molar-refractivity contribution in [3.8, 4) is 11.4 Å². The molecular formula is C16H21N3O3. The number of hydrogen-bond donors (Lipinski definition) is 1. The first-order valence-corrected chi connectivity index (χ1v) is 7.11. The monoisotopic (exact) mass is 303 g/mol. The van der Waals surface area contributed by atoms with E-state index in [-0.39, 0.29) is 11.9 Å². The lowest BCUT2D eigenvalue weighted by molar-refractivity contribution is -0.122. The molecule has 22 heavy (non-hydrogen) atoms. The molecule has 1 aromatic carbocycles. The molecule has 1 atom stereocenters. The molecule has 0 aliphatic rings. The van der Waals surface area contributed by atoms with Crippen molar-refractivity contribution in [3.63, 3.8) is 0 Å². The zero-order valence-electron chi connectivity index (χ0n) is 13.1. The molecule has 118 valence electrons. The minimum absolute atomic E-state index is 0.0356. The second-order valence-electron chi connectivity index (χ2n) is 4.95. The van der Waals surface area contributed by atoms with E-state index in [1.165, 1.54) is 0 Å². The van der Waals surface area contributed by atoms with Crippen LogP contribution < -0.4 is 10.1 Å². The fraction of sp³-hybridized carbons (Fsp3) is 0.375. The normalized spacial score (nSPS) is 12.0. The third-order valence-corrected chi connectivity index (χ3v) is 3.35. The van der Waals surface area contributed by atoms with Gasteiger partial charge in [-0.3, -0.25) is 4.79 Å². The topological polar surface area (TPSA) is 65.4 Å². The summed E-state index contributed by atoms with van der Waals surface area (Å²) in [5, 5.41) is 7.25. The van der Waals surface area contributed by atoms with Crippen LogP contribution in [-0.4, -0.2) is 36.5 Å². The van der Waals surface area contributed by atoms with Crippen molar-refractivity contribution >= 4 is 5.91 Å². The molecule has 1 amide bonds. The Morgan fingerprint density at radius 2 is 2.05 bits per heavy atom. The number of nitrogens with one attached hydrogen (secondary N) is 1. The fourth-order valence-electron chi connectivity index (χ4n) is 2.03. The first-order valence-electron chi connectivity index (χ1n) is 7.11. The van der Waals surface area contributed by atoms with E-state index in [1.54, 1.807) is 25.1 Å². The van der Waals surface area contributed by atoms with Crippen LogP contribution in [0.25, 0.3) is 5.69 Å². The van der Waals surface area contributed by atoms with Crippen molar-refractivity contribution in [1.29, 1.82) is 0 Å². The number of nitrogens with zero attached hydrogens (tertiary/aromatic N) is 2. The van der Waals surface area contributed by atoms with Gasteiger partial charge in [0.1, 0.15) is 5.75 Å². The summed E-state index contributed by atoms with van der Waals surface area (Å²) in [5.74, 6) is 0.765. The Morgan fingerprint density at radius 3 is 2.68 bits per heavy atom. The minimum Gasteiger partial charge on any atom is -0.497 e. The SMILES string of the molecule is COCCC(=O)N[C@H](C)c1cnn(-c2ccc(OC)cc2)c1. The van der Waals surface area contributed by atoms with Crippen LogP contribution in [0.5, 0.6) is 5.75 Å². The van der Waals surface area contributed by atoms with E-state index in [2.05, 4.69) is 10.4 Å². The Hall–Kier alpha value is -2.34. The highest BCUT2D eigenvalue weighted by Gasteiger charge is 2.12. The Bertz CT molecular complexity index is 607. The molecule has 0 radical (unpaired) electrons. The van der Waals surface area contributed by atoms with Crippen molar-refractivity contribution in [3.05, 3.63) is 42.2 Å². The fourth-order valence-corrected chi connectivity index (χ4v) is 2.03. The molecule has 6 heteroatoms. The molecule has 2 rings (SSSR count). The van der Waals surface area contributed by atoms with E-state index >= 15 is 0 Å². The standard InChI is InChI=1S/C16H21N3O3/c1-12(18-16(20)8-9-21-2)13-10-17-19(11-13)14-4-6-15(22-3)7-5-14/h4-7,10-12H,8-9H2,1-3H3,(H,18,20)/t12-/m1/s1. The van der Waals surface area contributed by atoms with Crippen molar-refractivity contribution in [2.24, 2.45) is 0 Å². The summed E-state index contributed by atoms with van der Waals surface area (Å²) in [6.07, 6.45) is 4.02. The molecule has 0 bridgehead atoms. The number of hydrogen-bond acceptors (Lipinski definition) is 4. The summed E-state index contributed by atoms with van der Waals surface area (Å²) in [6, 6.07) is 7.52. The van der Waals surface area contributed by atoms with Crippen LogP contribution in [0.2, 0.25) is 0 Å². The highest BCUT2D eigenvalue weighted by atomic mass is 16.5. The summed E-state index contributed by atoms with van der Waals surface area (Å²) < 4.78 is 11.8. The molecule has 0 aliphatic carbocycles. The summed E-state index contributed by atoms with van der Waals surface area (Å²) in [6.45, 7) is 2.35. The Balaban J connectivity index is 2.02. The van der Waals surface area contributed by atoms with E-state index < -0.39 is 0 Å². The van der Waals surface area contributed by atoms with Crippen LogP contribution in [0.3, 0.4) is 0 Å². The minimum atomic E-state index is -0.101. The molecule has 0 saturated carbocycles. The third-order valence-electron chi connectivity index (χ3n) is 3.35. The molecule has 1 heterocycles. The predicted molar refractivity (Wildman–Crippen MR) is 83.2 cm³/mol. The molecular weight excluding hydrogens is 282 g/mol. The predicted octanol–water partition coefficient (Wildman–Crippen LogP) is 2.09. The smallest absolute Gasteiger partial charge is 0.222 e. The van der Waals surface area contributed by atoms with Gasteiger partial charge in [0.05, 0.1) is 31.6 Å². The molecule has 0 fully saturated rings. The Labute approximate surface area is 130 Å². The second-order valence-corrected chi connectivity index (χ2v) is 4.95. The van der Waals surface area contributed by atoms with E-state index in [0.29, 0.717) is 13.0 Å². The number of benzene rings is 1. The molecule has 0 unspecified atom stereocenters. The molecule has 0 spiro atoms. The van der Waals surface area contributed by atoms with Crippen LogP contribution in [0.15, 0.2) is 36.7 Å². The molecule has 2 aromatic rings. The number of aromatic nitrogens is 2. The third kappa shape index (κ3) is 4.08. The average molecular weight is 303 g/mol. The van der Waals surface area contributed by atoms with Gasteiger partial charge in [0.25, 0.3) is 0 Å². The largest absolute Gasteiger partial charge is 0.497 e. The van der Waals surface area contributed by atoms with E-state index in [1.807, 2.05) is 37.4 Å². The second kappa shape index (κ2) is 7.61. The number of amides is 1. The van der Waals surface area contributed by atoms with Gasteiger partial charge in [-0.25, -0.2) is 4.68 Å². The van der Waals surface area contributed by atoms with Crippen LogP contribution >= 0.6 is 0 Å². The molecule has 1 aromatic heterocycles. The number of methoxy groups -OCH3 is 2. The summed E-state index contributed by atoms with van der Waals surface area (Å²) in [5.41, 5.74) is 1.88. The van der Waals surface area contributed by atoms with Crippen molar-refractivity contribution in [1.82, 2.24) is 15.1 Å². The molecule has 0 aliphatic heterocycles. The maximum absolute atomic E-state index is 11.7. The van der Waals surface area contributed by atoms with E-state index in [9.17, 15) is 4.79 Å². The Kier molecular flexibility index (Phi) is 5.55. The maximum Gasteiger partial charge on any atom is 0.222 e. The molecule has 0 saturated heterocycles. The lowest BCUT2D eigenvalue weighted by atomic mass is 10.2. The first-order chi connectivity index (χ1) is 10.6. The number of carbonyl (C=O) groups is 1. The maximum atomic E-state index is 11.7. The molecule has 1 N–H and O–H groups in total. The van der Waals surface area contributed by atoms with Crippen LogP contribution in [0, 0.1) is 0 Å². The van der Waals surface area contributed by atoms with Gasteiger partial charge in [-0.2, -0.15) is 5.10 Å². The number of ether oxygens (including phenoxy) is 2. The summed E-state index contributed by atoms with van der Waals surface area (Å²) in [7, 11) is 3.21. The zero-order valence-corrected chi connectivity index (χ0v) is 13.1. The van der Waals surface area contributed by atoms with Gasteiger partial charge in [0.2, 0.25) is 5.91 Å². The number of carbonyl (C=O) groups excluding carboxylic acids is 1. The van der Waals surface area contributed by atoms with Crippen LogP contribution in [0.4, 0.5) is 0 Å². The zero-order chi connectivity index (χ0) is 15.9. The van der Waals surface area contributed by atoms with Crippen molar-refractivity contribution in [2.45, 2.75) is 19.4 Å². The average Bonchev–Trinajstić information content (AvgIpc) is 3.03. The van der Waals surface area contributed by atoms with Crippen LogP contribution in [-0.2, 0) is 9.53 Å². The lowest BCUT2D eigenvalue weighted by Crippen LogP contribution is -2.27. The van der Waals surface area contributed by atoms with E-state index in [0.717, 1.165) is 17.0 Å². The van der Waals surface area contributed by atoms with Crippen LogP contribution in [0.1, 0.15) is 24.9 Å². The first kappa shape index (κ1) is 16.0. The summed E-state index contributed by atoms with van der Waals surface area (Å²) in [4.78, 5) is 11.7. The van der Waals surface area contributed by atoms with Gasteiger partial charge in [0.15, 0.2) is 0 Å². The van der Waals surface area contributed by atoms with Crippen molar-refractivity contribution in [2.75, 3.05) is 20.8 Å².